The van der Waals surface area contributed by atoms with Gasteiger partial charge in [0.25, 0.3) is 0 Å². The molecule has 2 aromatic carbocycles. The highest BCUT2D eigenvalue weighted by atomic mass is 79.9. The third-order valence-electron chi connectivity index (χ3n) is 2.74. The van der Waals surface area contributed by atoms with Gasteiger partial charge in [-0.15, -0.1) is 0 Å². The molecule has 0 bridgehead atoms. The SMILES string of the molecule is O=C(CCNc1cc(Cl)ccc1Cl)Nc1ccccc1Br. The fraction of sp³-hybridized carbons (Fsp3) is 0.133. The molecule has 0 aromatic heterocycles. The molecule has 3 nitrogen and oxygen atoms in total. The molecule has 0 fully saturated rings. The Kier molecular flexibility index (Phi) is 5.91. The first-order chi connectivity index (χ1) is 10.1. The number of hydrogen-bond donors (Lipinski definition) is 2. The Morgan fingerprint density at radius 1 is 1.10 bits per heavy atom. The average molecular weight is 388 g/mol. The monoisotopic (exact) mass is 386 g/mol. The van der Waals surface area contributed by atoms with Crippen molar-refractivity contribution in [3.8, 4) is 0 Å². The second-order valence-electron chi connectivity index (χ2n) is 4.33. The number of anilines is 2. The fourth-order valence-corrected chi connectivity index (χ4v) is 2.46. The normalized spacial score (nSPS) is 10.2. The molecule has 2 aromatic rings. The van der Waals surface area contributed by atoms with E-state index < -0.39 is 0 Å². The van der Waals surface area contributed by atoms with E-state index in [9.17, 15) is 4.79 Å². The van der Waals surface area contributed by atoms with Crippen LogP contribution in [0.5, 0.6) is 0 Å². The standard InChI is InChI=1S/C15H13BrCl2N2O/c16-11-3-1-2-4-13(11)20-15(21)7-8-19-14-9-10(17)5-6-12(14)18/h1-6,9,19H,7-8H2,(H,20,21). The Balaban J connectivity index is 1.85. The fourth-order valence-electron chi connectivity index (χ4n) is 1.72. The van der Waals surface area contributed by atoms with Crippen LogP contribution < -0.4 is 10.6 Å². The van der Waals surface area contributed by atoms with Crippen LogP contribution in [0.25, 0.3) is 0 Å². The first-order valence-electron chi connectivity index (χ1n) is 6.29. The van der Waals surface area contributed by atoms with E-state index in [-0.39, 0.29) is 5.91 Å². The van der Waals surface area contributed by atoms with Gasteiger partial charge >= 0.3 is 0 Å². The lowest BCUT2D eigenvalue weighted by Crippen LogP contribution is -2.16. The summed E-state index contributed by atoms with van der Waals surface area (Å²) in [5.74, 6) is -0.0763. The van der Waals surface area contributed by atoms with Gasteiger partial charge in [0.05, 0.1) is 16.4 Å². The van der Waals surface area contributed by atoms with E-state index in [0.717, 1.165) is 15.8 Å². The molecule has 21 heavy (non-hydrogen) atoms. The summed E-state index contributed by atoms with van der Waals surface area (Å²) in [5.41, 5.74) is 1.47. The number of para-hydroxylation sites is 1. The Bertz CT molecular complexity index is 649. The van der Waals surface area contributed by atoms with Gasteiger partial charge in [0.2, 0.25) is 5.91 Å². The lowest BCUT2D eigenvalue weighted by Gasteiger charge is -2.10. The van der Waals surface area contributed by atoms with Gasteiger partial charge in [-0.2, -0.15) is 0 Å². The minimum atomic E-state index is -0.0763. The van der Waals surface area contributed by atoms with Crippen molar-refractivity contribution in [2.45, 2.75) is 6.42 Å². The van der Waals surface area contributed by atoms with Gasteiger partial charge in [-0.05, 0) is 46.3 Å². The van der Waals surface area contributed by atoms with Crippen LogP contribution >= 0.6 is 39.1 Å². The van der Waals surface area contributed by atoms with Crippen LogP contribution in [0.2, 0.25) is 10.0 Å². The number of carbonyl (C=O) groups is 1. The number of amides is 1. The maximum atomic E-state index is 11.9. The number of carbonyl (C=O) groups excluding carboxylic acids is 1. The molecule has 0 atom stereocenters. The molecule has 110 valence electrons. The number of halogens is 3. The van der Waals surface area contributed by atoms with Crippen LogP contribution in [-0.2, 0) is 4.79 Å². The van der Waals surface area contributed by atoms with Gasteiger partial charge in [0.1, 0.15) is 0 Å². The third kappa shape index (κ3) is 4.92. The van der Waals surface area contributed by atoms with Gasteiger partial charge in [-0.25, -0.2) is 0 Å². The van der Waals surface area contributed by atoms with Crippen LogP contribution in [0, 0.1) is 0 Å². The smallest absolute Gasteiger partial charge is 0.226 e. The Morgan fingerprint density at radius 2 is 1.86 bits per heavy atom. The van der Waals surface area contributed by atoms with Gasteiger partial charge in [0, 0.05) is 22.5 Å². The molecule has 0 unspecified atom stereocenters. The second kappa shape index (κ2) is 7.69. The minimum Gasteiger partial charge on any atom is -0.383 e. The van der Waals surface area contributed by atoms with Crippen molar-refractivity contribution in [2.75, 3.05) is 17.2 Å². The van der Waals surface area contributed by atoms with E-state index in [0.29, 0.717) is 23.0 Å². The summed E-state index contributed by atoms with van der Waals surface area (Å²) in [7, 11) is 0. The minimum absolute atomic E-state index is 0.0763. The molecule has 0 heterocycles. The molecular formula is C15H13BrCl2N2O. The lowest BCUT2D eigenvalue weighted by molar-refractivity contribution is -0.115. The van der Waals surface area contributed by atoms with Gasteiger partial charge in [-0.3, -0.25) is 4.79 Å². The number of rotatable bonds is 5. The quantitative estimate of drug-likeness (QED) is 0.740. The molecule has 0 aliphatic rings. The molecule has 0 spiro atoms. The summed E-state index contributed by atoms with van der Waals surface area (Å²) in [6.45, 7) is 0.469. The molecule has 0 aliphatic carbocycles. The zero-order valence-corrected chi connectivity index (χ0v) is 14.1. The zero-order chi connectivity index (χ0) is 15.2. The number of hydrogen-bond acceptors (Lipinski definition) is 2. The van der Waals surface area contributed by atoms with E-state index in [1.165, 1.54) is 0 Å². The summed E-state index contributed by atoms with van der Waals surface area (Å²) < 4.78 is 0.851. The first-order valence-corrected chi connectivity index (χ1v) is 7.84. The largest absolute Gasteiger partial charge is 0.383 e. The van der Waals surface area contributed by atoms with Crippen molar-refractivity contribution in [1.82, 2.24) is 0 Å². The summed E-state index contributed by atoms with van der Waals surface area (Å²) in [5, 5.41) is 7.11. The van der Waals surface area contributed by atoms with Crippen molar-refractivity contribution in [1.29, 1.82) is 0 Å². The third-order valence-corrected chi connectivity index (χ3v) is 4.00. The molecular weight excluding hydrogens is 375 g/mol. The van der Waals surface area contributed by atoms with Crippen molar-refractivity contribution in [3.05, 3.63) is 57.0 Å². The van der Waals surface area contributed by atoms with Crippen molar-refractivity contribution in [3.63, 3.8) is 0 Å². The first kappa shape index (κ1) is 16.1. The van der Waals surface area contributed by atoms with Gasteiger partial charge in [0.15, 0.2) is 0 Å². The van der Waals surface area contributed by atoms with Gasteiger partial charge in [-0.1, -0.05) is 35.3 Å². The Morgan fingerprint density at radius 3 is 2.62 bits per heavy atom. The van der Waals surface area contributed by atoms with Crippen molar-refractivity contribution < 1.29 is 4.79 Å². The predicted molar refractivity (Wildman–Crippen MR) is 92.3 cm³/mol. The highest BCUT2D eigenvalue weighted by Gasteiger charge is 2.06. The number of nitrogens with one attached hydrogen (secondary N) is 2. The van der Waals surface area contributed by atoms with E-state index >= 15 is 0 Å². The van der Waals surface area contributed by atoms with E-state index in [1.807, 2.05) is 24.3 Å². The maximum absolute atomic E-state index is 11.9. The molecule has 0 saturated carbocycles. The van der Waals surface area contributed by atoms with Crippen LogP contribution in [0.4, 0.5) is 11.4 Å². The van der Waals surface area contributed by atoms with Crippen LogP contribution in [0.1, 0.15) is 6.42 Å². The number of benzene rings is 2. The highest BCUT2D eigenvalue weighted by molar-refractivity contribution is 9.10. The Hall–Kier alpha value is -1.23. The van der Waals surface area contributed by atoms with Crippen molar-refractivity contribution in [2.24, 2.45) is 0 Å². The molecule has 6 heteroatoms. The molecule has 1 amide bonds. The Labute approximate surface area is 141 Å². The predicted octanol–water partition coefficient (Wildman–Crippen LogP) is 5.20. The summed E-state index contributed by atoms with van der Waals surface area (Å²) in [4.78, 5) is 11.9. The van der Waals surface area contributed by atoms with E-state index in [1.54, 1.807) is 18.2 Å². The topological polar surface area (TPSA) is 41.1 Å². The lowest BCUT2D eigenvalue weighted by atomic mass is 10.3. The van der Waals surface area contributed by atoms with Crippen LogP contribution in [-0.4, -0.2) is 12.5 Å². The maximum Gasteiger partial charge on any atom is 0.226 e. The molecule has 0 saturated heterocycles. The zero-order valence-electron chi connectivity index (χ0n) is 11.0. The van der Waals surface area contributed by atoms with Crippen molar-refractivity contribution >= 4 is 56.4 Å². The molecule has 2 rings (SSSR count). The van der Waals surface area contributed by atoms with Gasteiger partial charge < -0.3 is 10.6 Å². The summed E-state index contributed by atoms with van der Waals surface area (Å²) in [6.07, 6.45) is 0.324. The molecule has 0 aliphatic heterocycles. The average Bonchev–Trinajstić information content (AvgIpc) is 2.45. The summed E-state index contributed by atoms with van der Waals surface area (Å²) in [6, 6.07) is 12.6. The second-order valence-corrected chi connectivity index (χ2v) is 6.03. The van der Waals surface area contributed by atoms with Crippen LogP contribution in [0.3, 0.4) is 0 Å². The summed E-state index contributed by atoms with van der Waals surface area (Å²) >= 11 is 15.3. The molecule has 0 radical (unpaired) electrons. The van der Waals surface area contributed by atoms with Crippen LogP contribution in [0.15, 0.2) is 46.9 Å². The highest BCUT2D eigenvalue weighted by Crippen LogP contribution is 2.25. The van der Waals surface area contributed by atoms with E-state index in [4.69, 9.17) is 23.2 Å². The van der Waals surface area contributed by atoms with E-state index in [2.05, 4.69) is 26.6 Å². The molecule has 2 N–H and O–H groups in total.